The van der Waals surface area contributed by atoms with Crippen molar-refractivity contribution in [1.29, 1.82) is 0 Å². The normalized spacial score (nSPS) is 12.1. The van der Waals surface area contributed by atoms with Gasteiger partial charge in [0.1, 0.15) is 11.8 Å². The molecular formula is C24H30Cl3N3O5S. The maximum atomic E-state index is 13.2. The van der Waals surface area contributed by atoms with Crippen LogP contribution in [0.15, 0.2) is 36.4 Å². The molecule has 0 aliphatic carbocycles. The standard InChI is InChI=1S/C24H30Cl3N3O5S/c1-5-28-24(32)16(2)29(15-17-8-10-19(25)20(26)13-17)23(31)7-6-12-30(36(4,33)34)18-9-11-22(35-3)21(27)14-18/h8-11,13-14,16H,5-7,12,15H2,1-4H3,(H,28,32). The van der Waals surface area contributed by atoms with Crippen molar-refractivity contribution in [3.63, 3.8) is 0 Å². The Bertz CT molecular complexity index is 1190. The summed E-state index contributed by atoms with van der Waals surface area (Å²) < 4.78 is 31.2. The SMILES string of the molecule is CCNC(=O)C(C)N(Cc1ccc(Cl)c(Cl)c1)C(=O)CCCN(c1ccc(OC)c(Cl)c1)S(C)(=O)=O. The first kappa shape index (κ1) is 30.0. The molecule has 36 heavy (non-hydrogen) atoms. The molecule has 0 radical (unpaired) electrons. The van der Waals surface area contributed by atoms with Gasteiger partial charge in [0.2, 0.25) is 21.8 Å². The number of likely N-dealkylation sites (N-methyl/N-ethyl adjacent to an activating group) is 1. The van der Waals surface area contributed by atoms with E-state index in [-0.39, 0.29) is 42.8 Å². The van der Waals surface area contributed by atoms with Crippen molar-refractivity contribution in [1.82, 2.24) is 10.2 Å². The second-order valence-electron chi connectivity index (χ2n) is 8.10. The minimum atomic E-state index is -3.65. The highest BCUT2D eigenvalue weighted by atomic mass is 35.5. The van der Waals surface area contributed by atoms with E-state index in [1.54, 1.807) is 44.2 Å². The summed E-state index contributed by atoms with van der Waals surface area (Å²) in [6, 6.07) is 8.92. The molecule has 0 spiro atoms. The lowest BCUT2D eigenvalue weighted by Gasteiger charge is -2.29. The van der Waals surface area contributed by atoms with Gasteiger partial charge in [0.05, 0.1) is 34.1 Å². The molecule has 0 aliphatic heterocycles. The zero-order valence-corrected chi connectivity index (χ0v) is 23.6. The number of amides is 2. The van der Waals surface area contributed by atoms with E-state index in [2.05, 4.69) is 5.32 Å². The molecule has 2 rings (SSSR count). The first-order valence-electron chi connectivity index (χ1n) is 11.2. The number of hydrogen-bond acceptors (Lipinski definition) is 5. The number of sulfonamides is 1. The molecule has 12 heteroatoms. The second-order valence-corrected chi connectivity index (χ2v) is 11.2. The van der Waals surface area contributed by atoms with E-state index in [0.717, 1.165) is 6.26 Å². The summed E-state index contributed by atoms with van der Waals surface area (Å²) in [7, 11) is -2.18. The number of benzene rings is 2. The van der Waals surface area contributed by atoms with E-state index in [4.69, 9.17) is 39.5 Å². The van der Waals surface area contributed by atoms with Gasteiger partial charge in [-0.05, 0) is 56.2 Å². The van der Waals surface area contributed by atoms with Crippen molar-refractivity contribution in [3.8, 4) is 5.75 Å². The predicted octanol–water partition coefficient (Wildman–Crippen LogP) is 4.76. The zero-order valence-electron chi connectivity index (χ0n) is 20.6. The summed E-state index contributed by atoms with van der Waals surface area (Å²) in [5.41, 5.74) is 1.07. The Morgan fingerprint density at radius 2 is 1.75 bits per heavy atom. The maximum absolute atomic E-state index is 13.2. The van der Waals surface area contributed by atoms with Crippen molar-refractivity contribution in [3.05, 3.63) is 57.0 Å². The lowest BCUT2D eigenvalue weighted by molar-refractivity contribution is -0.140. The molecule has 1 unspecified atom stereocenters. The van der Waals surface area contributed by atoms with Gasteiger partial charge in [-0.25, -0.2) is 8.42 Å². The summed E-state index contributed by atoms with van der Waals surface area (Å²) in [5.74, 6) is -0.182. The lowest BCUT2D eigenvalue weighted by Crippen LogP contribution is -2.47. The lowest BCUT2D eigenvalue weighted by atomic mass is 10.1. The number of carbonyl (C=O) groups is 2. The number of ether oxygens (including phenoxy) is 1. The van der Waals surface area contributed by atoms with Crippen molar-refractivity contribution in [2.75, 3.05) is 30.8 Å². The minimum Gasteiger partial charge on any atom is -0.495 e. The van der Waals surface area contributed by atoms with E-state index < -0.39 is 16.1 Å². The fraction of sp³-hybridized carbons (Fsp3) is 0.417. The average Bonchev–Trinajstić information content (AvgIpc) is 2.81. The van der Waals surface area contributed by atoms with Crippen LogP contribution in [0.4, 0.5) is 5.69 Å². The number of methoxy groups -OCH3 is 1. The number of nitrogens with one attached hydrogen (secondary N) is 1. The van der Waals surface area contributed by atoms with Crippen LogP contribution in [-0.4, -0.2) is 57.6 Å². The maximum Gasteiger partial charge on any atom is 0.242 e. The minimum absolute atomic E-state index is 0.0149. The van der Waals surface area contributed by atoms with Crippen molar-refractivity contribution < 1.29 is 22.7 Å². The van der Waals surface area contributed by atoms with E-state index in [1.807, 2.05) is 0 Å². The molecule has 198 valence electrons. The van der Waals surface area contributed by atoms with Crippen LogP contribution in [0.25, 0.3) is 0 Å². The Morgan fingerprint density at radius 1 is 1.06 bits per heavy atom. The Labute approximate surface area is 227 Å². The summed E-state index contributed by atoms with van der Waals surface area (Å²) in [5, 5.41) is 3.72. The van der Waals surface area contributed by atoms with E-state index >= 15 is 0 Å². The number of carbonyl (C=O) groups excluding carboxylic acids is 2. The van der Waals surface area contributed by atoms with Crippen molar-refractivity contribution in [2.45, 2.75) is 39.3 Å². The van der Waals surface area contributed by atoms with Gasteiger partial charge in [-0.2, -0.15) is 0 Å². The van der Waals surface area contributed by atoms with Crippen molar-refractivity contribution in [2.24, 2.45) is 0 Å². The van der Waals surface area contributed by atoms with Gasteiger partial charge in [0, 0.05) is 26.1 Å². The molecule has 1 atom stereocenters. The molecule has 0 aliphatic rings. The fourth-order valence-corrected chi connectivity index (χ4v) is 5.08. The first-order chi connectivity index (χ1) is 16.9. The zero-order chi connectivity index (χ0) is 27.0. The Hall–Kier alpha value is -2.20. The van der Waals surface area contributed by atoms with Crippen LogP contribution in [0.2, 0.25) is 15.1 Å². The van der Waals surface area contributed by atoms with Crippen LogP contribution in [0, 0.1) is 0 Å². The number of rotatable bonds is 12. The topological polar surface area (TPSA) is 96.0 Å². The number of nitrogens with zero attached hydrogens (tertiary/aromatic N) is 2. The first-order valence-corrected chi connectivity index (χ1v) is 14.2. The van der Waals surface area contributed by atoms with Gasteiger partial charge in [-0.1, -0.05) is 40.9 Å². The third-order valence-corrected chi connectivity index (χ3v) is 7.66. The monoisotopic (exact) mass is 577 g/mol. The third kappa shape index (κ3) is 8.16. The van der Waals surface area contributed by atoms with Crippen LogP contribution in [0.5, 0.6) is 5.75 Å². The predicted molar refractivity (Wildman–Crippen MR) is 145 cm³/mol. The van der Waals surface area contributed by atoms with Gasteiger partial charge < -0.3 is 15.0 Å². The van der Waals surface area contributed by atoms with Gasteiger partial charge >= 0.3 is 0 Å². The highest BCUT2D eigenvalue weighted by molar-refractivity contribution is 7.92. The summed E-state index contributed by atoms with van der Waals surface area (Å²) in [6.07, 6.45) is 1.32. The number of halogens is 3. The Balaban J connectivity index is 2.20. The van der Waals surface area contributed by atoms with Gasteiger partial charge in [0.15, 0.2) is 0 Å². The molecule has 2 aromatic rings. The second kappa shape index (κ2) is 13.4. The van der Waals surface area contributed by atoms with Crippen LogP contribution in [0.1, 0.15) is 32.3 Å². The molecule has 8 nitrogen and oxygen atoms in total. The molecular weight excluding hydrogens is 549 g/mol. The molecule has 0 bridgehead atoms. The fourth-order valence-electron chi connectivity index (χ4n) is 3.55. The van der Waals surface area contributed by atoms with Gasteiger partial charge in [-0.15, -0.1) is 0 Å². The molecule has 1 N–H and O–H groups in total. The molecule has 2 amide bonds. The van der Waals surface area contributed by atoms with Gasteiger partial charge in [-0.3, -0.25) is 13.9 Å². The molecule has 0 saturated heterocycles. The molecule has 0 aromatic heterocycles. The molecule has 2 aromatic carbocycles. The summed E-state index contributed by atoms with van der Waals surface area (Å²) in [6.45, 7) is 4.04. The Kier molecular flexibility index (Phi) is 11.2. The van der Waals surface area contributed by atoms with Crippen LogP contribution in [-0.2, 0) is 26.2 Å². The van der Waals surface area contributed by atoms with Crippen LogP contribution < -0.4 is 14.4 Å². The van der Waals surface area contributed by atoms with E-state index in [9.17, 15) is 18.0 Å². The largest absolute Gasteiger partial charge is 0.495 e. The van der Waals surface area contributed by atoms with Crippen LogP contribution in [0.3, 0.4) is 0 Å². The smallest absolute Gasteiger partial charge is 0.242 e. The van der Waals surface area contributed by atoms with Gasteiger partial charge in [0.25, 0.3) is 0 Å². The average molecular weight is 579 g/mol. The van der Waals surface area contributed by atoms with Crippen LogP contribution >= 0.6 is 34.8 Å². The molecule has 0 fully saturated rings. The number of anilines is 1. The summed E-state index contributed by atoms with van der Waals surface area (Å²) in [4.78, 5) is 27.2. The van der Waals surface area contributed by atoms with Crippen molar-refractivity contribution >= 4 is 62.3 Å². The highest BCUT2D eigenvalue weighted by Crippen LogP contribution is 2.30. The summed E-state index contributed by atoms with van der Waals surface area (Å²) >= 11 is 18.3. The third-order valence-electron chi connectivity index (χ3n) is 5.43. The highest BCUT2D eigenvalue weighted by Gasteiger charge is 2.26. The van der Waals surface area contributed by atoms with E-state index in [0.29, 0.717) is 33.6 Å². The number of hydrogen-bond donors (Lipinski definition) is 1. The molecule has 0 saturated carbocycles. The molecule has 0 heterocycles. The Morgan fingerprint density at radius 3 is 2.31 bits per heavy atom. The quantitative estimate of drug-likeness (QED) is 0.392. The van der Waals surface area contributed by atoms with E-state index in [1.165, 1.54) is 22.4 Å².